The second-order valence-electron chi connectivity index (χ2n) is 8.61. The molecule has 0 spiro atoms. The highest BCUT2D eigenvalue weighted by molar-refractivity contribution is 5.39. The second-order valence-corrected chi connectivity index (χ2v) is 8.61. The molecule has 4 nitrogen and oxygen atoms in total. The summed E-state index contributed by atoms with van der Waals surface area (Å²) in [6, 6.07) is 0. The predicted molar refractivity (Wildman–Crippen MR) is 116 cm³/mol. The lowest BCUT2D eigenvalue weighted by Gasteiger charge is -2.27. The minimum Gasteiger partial charge on any atom is -0.394 e. The molecule has 3 atom stereocenters. The van der Waals surface area contributed by atoms with Gasteiger partial charge >= 0.3 is 0 Å². The summed E-state index contributed by atoms with van der Waals surface area (Å²) < 4.78 is 11.6. The molecule has 0 aromatic carbocycles. The van der Waals surface area contributed by atoms with Gasteiger partial charge in [0.1, 0.15) is 0 Å². The monoisotopic (exact) mass is 389 g/mol. The van der Waals surface area contributed by atoms with Gasteiger partial charge in [-0.05, 0) is 76.4 Å². The number of hydrogen-bond donors (Lipinski definition) is 2. The van der Waals surface area contributed by atoms with Crippen LogP contribution in [0.15, 0.2) is 47.1 Å². The van der Waals surface area contributed by atoms with E-state index in [4.69, 9.17) is 15.2 Å². The van der Waals surface area contributed by atoms with E-state index in [1.54, 1.807) is 0 Å². The fraction of sp³-hybridized carbons (Fsp3) is 0.667. The Labute approximate surface area is 171 Å². The average Bonchev–Trinajstić information content (AvgIpc) is 3.08. The van der Waals surface area contributed by atoms with Gasteiger partial charge in [0, 0.05) is 5.54 Å². The largest absolute Gasteiger partial charge is 0.394 e. The van der Waals surface area contributed by atoms with E-state index in [1.807, 2.05) is 0 Å². The summed E-state index contributed by atoms with van der Waals surface area (Å²) in [6.07, 6.45) is 12.5. The van der Waals surface area contributed by atoms with E-state index < -0.39 is 5.54 Å². The smallest absolute Gasteiger partial charge is 0.0704 e. The van der Waals surface area contributed by atoms with Crippen LogP contribution in [0.1, 0.15) is 59.3 Å². The highest BCUT2D eigenvalue weighted by atomic mass is 16.5. The van der Waals surface area contributed by atoms with Gasteiger partial charge in [0.05, 0.1) is 32.5 Å². The number of ether oxygens (including phenoxy) is 2. The van der Waals surface area contributed by atoms with Crippen LogP contribution in [0.3, 0.4) is 0 Å². The van der Waals surface area contributed by atoms with Crippen molar-refractivity contribution in [3.63, 3.8) is 0 Å². The zero-order chi connectivity index (χ0) is 20.6. The van der Waals surface area contributed by atoms with E-state index in [0.29, 0.717) is 25.7 Å². The van der Waals surface area contributed by atoms with Crippen molar-refractivity contribution in [1.29, 1.82) is 0 Å². The van der Waals surface area contributed by atoms with E-state index in [1.165, 1.54) is 16.7 Å². The number of aliphatic hydroxyl groups is 1. The molecule has 28 heavy (non-hydrogen) atoms. The van der Waals surface area contributed by atoms with Crippen molar-refractivity contribution in [1.82, 2.24) is 0 Å². The molecule has 2 rings (SSSR count). The summed E-state index contributed by atoms with van der Waals surface area (Å²) in [6.45, 7) is 12.6. The van der Waals surface area contributed by atoms with Crippen molar-refractivity contribution in [2.45, 2.75) is 70.9 Å². The molecule has 1 unspecified atom stereocenters. The van der Waals surface area contributed by atoms with Crippen molar-refractivity contribution < 1.29 is 14.6 Å². The predicted octanol–water partition coefficient (Wildman–Crippen LogP) is 4.46. The third kappa shape index (κ3) is 7.00. The number of nitrogens with two attached hydrogens (primary N) is 1. The Kier molecular flexibility index (Phi) is 9.16. The maximum atomic E-state index is 9.49. The molecular weight excluding hydrogens is 350 g/mol. The Balaban J connectivity index is 1.80. The fourth-order valence-electron chi connectivity index (χ4n) is 4.11. The summed E-state index contributed by atoms with van der Waals surface area (Å²) in [5.74, 6) is 0.384. The zero-order valence-corrected chi connectivity index (χ0v) is 18.0. The van der Waals surface area contributed by atoms with Gasteiger partial charge in [0.15, 0.2) is 0 Å². The van der Waals surface area contributed by atoms with Crippen LogP contribution in [0, 0.1) is 5.92 Å². The standard InChI is InChI=1S/C24H39NO3/c1-5-20-15-23(28-13-12-27-11-9-18(2)3)7-6-21(20)14-19(4)22-8-10-24(25,16-22)17-26/h5,9,14,22-23,26H,4,6-8,10-13,15-17,25H2,1-3H3/b20-5-,21-14-/t22-,23?,24+/m0/s1. The molecule has 4 heteroatoms. The first-order valence-corrected chi connectivity index (χ1v) is 10.6. The van der Waals surface area contributed by atoms with Crippen LogP contribution in [-0.4, -0.2) is 43.2 Å². The normalized spacial score (nSPS) is 30.8. The molecule has 0 saturated heterocycles. The van der Waals surface area contributed by atoms with Crippen molar-refractivity contribution in [2.24, 2.45) is 11.7 Å². The van der Waals surface area contributed by atoms with Gasteiger partial charge in [-0.2, -0.15) is 0 Å². The fourth-order valence-corrected chi connectivity index (χ4v) is 4.11. The number of hydrogen-bond acceptors (Lipinski definition) is 4. The zero-order valence-electron chi connectivity index (χ0n) is 18.0. The highest BCUT2D eigenvalue weighted by Crippen LogP contribution is 2.39. The van der Waals surface area contributed by atoms with E-state index in [0.717, 1.165) is 44.1 Å². The molecule has 0 radical (unpaired) electrons. The van der Waals surface area contributed by atoms with Crippen molar-refractivity contribution in [3.8, 4) is 0 Å². The Hall–Kier alpha value is -1.20. The van der Waals surface area contributed by atoms with Gasteiger partial charge in [-0.3, -0.25) is 0 Å². The summed E-state index contributed by atoms with van der Waals surface area (Å²) in [7, 11) is 0. The summed E-state index contributed by atoms with van der Waals surface area (Å²) in [4.78, 5) is 0. The molecule has 2 aliphatic carbocycles. The van der Waals surface area contributed by atoms with Crippen LogP contribution in [0.2, 0.25) is 0 Å². The molecule has 2 saturated carbocycles. The van der Waals surface area contributed by atoms with Crippen LogP contribution in [0.4, 0.5) is 0 Å². The first-order chi connectivity index (χ1) is 13.4. The second kappa shape index (κ2) is 11.1. The Morgan fingerprint density at radius 3 is 2.71 bits per heavy atom. The van der Waals surface area contributed by atoms with Gasteiger partial charge in [-0.25, -0.2) is 0 Å². The molecule has 2 aliphatic rings. The quantitative estimate of drug-likeness (QED) is 0.451. The lowest BCUT2D eigenvalue weighted by Crippen LogP contribution is -2.40. The van der Waals surface area contributed by atoms with Crippen LogP contribution >= 0.6 is 0 Å². The van der Waals surface area contributed by atoms with E-state index in [-0.39, 0.29) is 12.7 Å². The van der Waals surface area contributed by atoms with Gasteiger partial charge in [0.2, 0.25) is 0 Å². The van der Waals surface area contributed by atoms with Crippen LogP contribution in [0.25, 0.3) is 0 Å². The summed E-state index contributed by atoms with van der Waals surface area (Å²) in [5, 5.41) is 9.49. The SMILES string of the molecule is C=C(/C=C1/CCC(OCCOCC=C(C)C)C/C1=C/C)[C@H]1CC[C@](N)(CO)C1. The van der Waals surface area contributed by atoms with Gasteiger partial charge < -0.3 is 20.3 Å². The molecule has 3 N–H and O–H groups in total. The molecule has 0 amide bonds. The van der Waals surface area contributed by atoms with E-state index >= 15 is 0 Å². The minimum absolute atomic E-state index is 0.0601. The van der Waals surface area contributed by atoms with Crippen LogP contribution < -0.4 is 5.73 Å². The molecule has 0 heterocycles. The third-order valence-electron chi connectivity index (χ3n) is 5.98. The van der Waals surface area contributed by atoms with E-state index in [9.17, 15) is 5.11 Å². The lowest BCUT2D eigenvalue weighted by molar-refractivity contribution is 0.00473. The molecule has 0 aromatic heterocycles. The van der Waals surface area contributed by atoms with Crippen LogP contribution in [-0.2, 0) is 9.47 Å². The maximum Gasteiger partial charge on any atom is 0.0704 e. The molecule has 0 aliphatic heterocycles. The molecule has 0 aromatic rings. The molecule has 2 fully saturated rings. The third-order valence-corrected chi connectivity index (χ3v) is 5.98. The lowest BCUT2D eigenvalue weighted by atomic mass is 9.84. The topological polar surface area (TPSA) is 64.7 Å². The Morgan fingerprint density at radius 1 is 1.29 bits per heavy atom. The van der Waals surface area contributed by atoms with Crippen LogP contribution in [0.5, 0.6) is 0 Å². The van der Waals surface area contributed by atoms with Gasteiger partial charge in [-0.15, -0.1) is 0 Å². The van der Waals surface area contributed by atoms with Crippen molar-refractivity contribution in [2.75, 3.05) is 26.4 Å². The maximum absolute atomic E-state index is 9.49. The van der Waals surface area contributed by atoms with Gasteiger partial charge in [-0.1, -0.05) is 36.0 Å². The first kappa shape index (κ1) is 23.1. The summed E-state index contributed by atoms with van der Waals surface area (Å²) >= 11 is 0. The average molecular weight is 390 g/mol. The van der Waals surface area contributed by atoms with E-state index in [2.05, 4.69) is 45.6 Å². The molecule has 0 bridgehead atoms. The van der Waals surface area contributed by atoms with Gasteiger partial charge in [0.25, 0.3) is 0 Å². The van der Waals surface area contributed by atoms with Crippen molar-refractivity contribution in [3.05, 3.63) is 47.1 Å². The Morgan fingerprint density at radius 2 is 2.07 bits per heavy atom. The Bertz CT molecular complexity index is 615. The highest BCUT2D eigenvalue weighted by Gasteiger charge is 2.36. The number of rotatable bonds is 9. The molecule has 158 valence electrons. The molecular formula is C24H39NO3. The van der Waals surface area contributed by atoms with Crippen molar-refractivity contribution >= 4 is 0 Å². The minimum atomic E-state index is -0.422. The number of aliphatic hydroxyl groups excluding tert-OH is 1. The number of allylic oxidation sites excluding steroid dienone is 5. The first-order valence-electron chi connectivity index (χ1n) is 10.6. The summed E-state index contributed by atoms with van der Waals surface area (Å²) in [5.41, 5.74) is 11.0.